The second-order valence-corrected chi connectivity index (χ2v) is 4.70. The molecule has 1 atom stereocenters. The molecule has 106 valence electrons. The molecule has 20 heavy (non-hydrogen) atoms. The van der Waals surface area contributed by atoms with Crippen molar-refractivity contribution >= 4 is 11.6 Å². The summed E-state index contributed by atoms with van der Waals surface area (Å²) in [7, 11) is 1.48. The predicted molar refractivity (Wildman–Crippen MR) is 76.8 cm³/mol. The summed E-state index contributed by atoms with van der Waals surface area (Å²) in [6, 6.07) is 10.9. The van der Waals surface area contributed by atoms with E-state index in [0.29, 0.717) is 22.1 Å². The van der Waals surface area contributed by atoms with Crippen molar-refractivity contribution in [2.24, 2.45) is 5.73 Å². The molecule has 0 bridgehead atoms. The molecule has 2 N–H and O–H groups in total. The molecule has 0 aliphatic heterocycles. The lowest BCUT2D eigenvalue weighted by atomic mass is 10.1. The molecule has 3 nitrogen and oxygen atoms in total. The van der Waals surface area contributed by atoms with Crippen molar-refractivity contribution in [3.63, 3.8) is 0 Å². The number of nitrogens with two attached hydrogens (primary N) is 1. The number of hydrogen-bond acceptors (Lipinski definition) is 3. The standard InChI is InChI=1S/C15H15ClFNO2/c1-19-12-6-7-13(14(17)8-12)15(18)9-20-11-4-2-10(16)3-5-11/h2-8,15H,9,18H2,1H3. The number of ether oxygens (including phenoxy) is 2. The summed E-state index contributed by atoms with van der Waals surface area (Å²) < 4.78 is 24.3. The van der Waals surface area contributed by atoms with Gasteiger partial charge in [0.2, 0.25) is 0 Å². The van der Waals surface area contributed by atoms with Crippen LogP contribution in [0.25, 0.3) is 0 Å². The minimum absolute atomic E-state index is 0.172. The van der Waals surface area contributed by atoms with Crippen LogP contribution in [0.5, 0.6) is 11.5 Å². The summed E-state index contributed by atoms with van der Waals surface area (Å²) in [5, 5.41) is 0.628. The zero-order valence-corrected chi connectivity index (χ0v) is 11.7. The van der Waals surface area contributed by atoms with E-state index in [9.17, 15) is 4.39 Å². The Bertz CT molecular complexity index is 575. The van der Waals surface area contributed by atoms with Crippen LogP contribution >= 0.6 is 11.6 Å². The van der Waals surface area contributed by atoms with Crippen LogP contribution in [-0.2, 0) is 0 Å². The van der Waals surface area contributed by atoms with Crippen LogP contribution < -0.4 is 15.2 Å². The Labute approximate surface area is 122 Å². The largest absolute Gasteiger partial charge is 0.497 e. The molecular weight excluding hydrogens is 281 g/mol. The molecule has 5 heteroatoms. The maximum atomic E-state index is 13.8. The van der Waals surface area contributed by atoms with Crippen molar-refractivity contribution in [1.29, 1.82) is 0 Å². The smallest absolute Gasteiger partial charge is 0.131 e. The molecule has 2 aromatic rings. The molecule has 0 aliphatic rings. The fourth-order valence-corrected chi connectivity index (χ4v) is 1.87. The van der Waals surface area contributed by atoms with Crippen LogP contribution in [-0.4, -0.2) is 13.7 Å². The van der Waals surface area contributed by atoms with Gasteiger partial charge in [0.25, 0.3) is 0 Å². The fraction of sp³-hybridized carbons (Fsp3) is 0.200. The summed E-state index contributed by atoms with van der Waals surface area (Å²) in [6.45, 7) is 0.172. The van der Waals surface area contributed by atoms with Gasteiger partial charge in [0.1, 0.15) is 23.9 Å². The third-order valence-electron chi connectivity index (χ3n) is 2.85. The Morgan fingerprint density at radius 3 is 2.40 bits per heavy atom. The van der Waals surface area contributed by atoms with Crippen molar-refractivity contribution < 1.29 is 13.9 Å². The van der Waals surface area contributed by atoms with Gasteiger partial charge in [-0.1, -0.05) is 17.7 Å². The molecule has 0 saturated heterocycles. The molecule has 0 radical (unpaired) electrons. The minimum Gasteiger partial charge on any atom is -0.497 e. The van der Waals surface area contributed by atoms with E-state index in [2.05, 4.69) is 0 Å². The number of hydrogen-bond donors (Lipinski definition) is 1. The topological polar surface area (TPSA) is 44.5 Å². The molecule has 0 aliphatic carbocycles. The van der Waals surface area contributed by atoms with Crippen LogP contribution in [0.1, 0.15) is 11.6 Å². The maximum absolute atomic E-state index is 13.8. The lowest BCUT2D eigenvalue weighted by molar-refractivity contribution is 0.287. The first-order valence-electron chi connectivity index (χ1n) is 6.07. The molecule has 0 saturated carbocycles. The number of halogens is 2. The highest BCUT2D eigenvalue weighted by Gasteiger charge is 2.13. The van der Waals surface area contributed by atoms with E-state index in [-0.39, 0.29) is 6.61 Å². The Balaban J connectivity index is 2.01. The first kappa shape index (κ1) is 14.6. The van der Waals surface area contributed by atoms with Gasteiger partial charge < -0.3 is 15.2 Å². The maximum Gasteiger partial charge on any atom is 0.131 e. The van der Waals surface area contributed by atoms with E-state index in [0.717, 1.165) is 0 Å². The molecule has 0 heterocycles. The number of rotatable bonds is 5. The molecular formula is C15H15ClFNO2. The van der Waals surface area contributed by atoms with Gasteiger partial charge in [0.15, 0.2) is 0 Å². The molecule has 0 aromatic heterocycles. The summed E-state index contributed by atoms with van der Waals surface area (Å²) in [6.07, 6.45) is 0. The van der Waals surface area contributed by atoms with Crippen LogP contribution in [0, 0.1) is 5.82 Å². The summed E-state index contributed by atoms with van der Waals surface area (Å²) in [5.41, 5.74) is 6.32. The molecule has 2 rings (SSSR count). The van der Waals surface area contributed by atoms with Gasteiger partial charge in [0, 0.05) is 16.7 Å². The SMILES string of the molecule is COc1ccc(C(N)COc2ccc(Cl)cc2)c(F)c1. The highest BCUT2D eigenvalue weighted by Crippen LogP contribution is 2.22. The van der Waals surface area contributed by atoms with Gasteiger partial charge >= 0.3 is 0 Å². The highest BCUT2D eigenvalue weighted by atomic mass is 35.5. The quantitative estimate of drug-likeness (QED) is 0.917. The van der Waals surface area contributed by atoms with Crippen LogP contribution in [0.15, 0.2) is 42.5 Å². The van der Waals surface area contributed by atoms with Gasteiger partial charge in [-0.05, 0) is 30.3 Å². The van der Waals surface area contributed by atoms with E-state index in [4.69, 9.17) is 26.8 Å². The second-order valence-electron chi connectivity index (χ2n) is 4.26. The summed E-state index contributed by atoms with van der Waals surface area (Å²) in [4.78, 5) is 0. The zero-order chi connectivity index (χ0) is 14.5. The first-order valence-corrected chi connectivity index (χ1v) is 6.45. The minimum atomic E-state index is -0.559. The summed E-state index contributed by atoms with van der Waals surface area (Å²) in [5.74, 6) is 0.687. The van der Waals surface area contributed by atoms with Gasteiger partial charge in [-0.25, -0.2) is 4.39 Å². The third kappa shape index (κ3) is 3.62. The van der Waals surface area contributed by atoms with Crippen molar-refractivity contribution in [3.8, 4) is 11.5 Å². The van der Waals surface area contributed by atoms with E-state index in [1.165, 1.54) is 13.2 Å². The number of methoxy groups -OCH3 is 1. The Morgan fingerprint density at radius 1 is 1.15 bits per heavy atom. The highest BCUT2D eigenvalue weighted by molar-refractivity contribution is 6.30. The van der Waals surface area contributed by atoms with Crippen molar-refractivity contribution in [1.82, 2.24) is 0 Å². The average Bonchev–Trinajstić information content (AvgIpc) is 2.46. The fourth-order valence-electron chi connectivity index (χ4n) is 1.74. The lowest BCUT2D eigenvalue weighted by Crippen LogP contribution is -2.20. The molecule has 0 amide bonds. The molecule has 1 unspecified atom stereocenters. The number of benzene rings is 2. The van der Waals surface area contributed by atoms with Crippen molar-refractivity contribution in [2.75, 3.05) is 13.7 Å². The van der Waals surface area contributed by atoms with E-state index in [1.54, 1.807) is 36.4 Å². The van der Waals surface area contributed by atoms with Crippen molar-refractivity contribution in [3.05, 3.63) is 58.9 Å². The Kier molecular flexibility index (Phi) is 4.82. The van der Waals surface area contributed by atoms with Gasteiger partial charge in [-0.2, -0.15) is 0 Å². The normalized spacial score (nSPS) is 12.0. The Morgan fingerprint density at radius 2 is 1.80 bits per heavy atom. The lowest BCUT2D eigenvalue weighted by Gasteiger charge is -2.15. The average molecular weight is 296 g/mol. The van der Waals surface area contributed by atoms with Crippen LogP contribution in [0.2, 0.25) is 5.02 Å². The van der Waals surface area contributed by atoms with Crippen LogP contribution in [0.4, 0.5) is 4.39 Å². The van der Waals surface area contributed by atoms with E-state index < -0.39 is 11.9 Å². The first-order chi connectivity index (χ1) is 9.60. The summed E-state index contributed by atoms with van der Waals surface area (Å²) >= 11 is 5.78. The van der Waals surface area contributed by atoms with E-state index >= 15 is 0 Å². The molecule has 2 aromatic carbocycles. The van der Waals surface area contributed by atoms with Gasteiger partial charge in [-0.3, -0.25) is 0 Å². The monoisotopic (exact) mass is 295 g/mol. The van der Waals surface area contributed by atoms with Crippen LogP contribution in [0.3, 0.4) is 0 Å². The van der Waals surface area contributed by atoms with Crippen molar-refractivity contribution in [2.45, 2.75) is 6.04 Å². The zero-order valence-electron chi connectivity index (χ0n) is 11.0. The third-order valence-corrected chi connectivity index (χ3v) is 3.10. The Hall–Kier alpha value is -1.78. The van der Waals surface area contributed by atoms with Gasteiger partial charge in [0.05, 0.1) is 13.2 Å². The second kappa shape index (κ2) is 6.59. The molecule has 0 fully saturated rings. The molecule has 0 spiro atoms. The van der Waals surface area contributed by atoms with Gasteiger partial charge in [-0.15, -0.1) is 0 Å². The van der Waals surface area contributed by atoms with E-state index in [1.807, 2.05) is 0 Å². The predicted octanol–water partition coefficient (Wildman–Crippen LogP) is 3.57.